The molecule has 0 unspecified atom stereocenters. The van der Waals surface area contributed by atoms with Crippen molar-refractivity contribution >= 4 is 18.2 Å². The van der Waals surface area contributed by atoms with Gasteiger partial charge in [-0.15, -0.1) is 0 Å². The lowest BCUT2D eigenvalue weighted by Gasteiger charge is -2.19. The Balaban J connectivity index is 2.42. The second-order valence-electron chi connectivity index (χ2n) is 6.24. The summed E-state index contributed by atoms with van der Waals surface area (Å²) < 4.78 is 21.9. The fourth-order valence-electron chi connectivity index (χ4n) is 3.33. The lowest BCUT2D eigenvalue weighted by molar-refractivity contribution is 0.0691. The van der Waals surface area contributed by atoms with Crippen LogP contribution in [0.3, 0.4) is 0 Å². The molecule has 0 aliphatic carbocycles. The van der Waals surface area contributed by atoms with Crippen molar-refractivity contribution in [3.8, 4) is 28.7 Å². The van der Waals surface area contributed by atoms with Gasteiger partial charge < -0.3 is 24.1 Å². The van der Waals surface area contributed by atoms with Gasteiger partial charge in [0.25, 0.3) is 0 Å². The number of hydrogen-bond acceptors (Lipinski definition) is 7. The van der Waals surface area contributed by atoms with Gasteiger partial charge in [-0.1, -0.05) is 0 Å². The van der Waals surface area contributed by atoms with Crippen molar-refractivity contribution in [2.75, 3.05) is 14.2 Å². The molecule has 2 aromatic carbocycles. The number of aldehydes is 1. The van der Waals surface area contributed by atoms with Crippen LogP contribution in [0.2, 0.25) is 0 Å². The molecule has 0 radical (unpaired) electrons. The molecular formula is C20H18O8. The summed E-state index contributed by atoms with van der Waals surface area (Å²) >= 11 is 0. The zero-order valence-electron chi connectivity index (χ0n) is 16.0. The first-order chi connectivity index (χ1) is 13.3. The van der Waals surface area contributed by atoms with Gasteiger partial charge in [0.05, 0.1) is 19.8 Å². The highest BCUT2D eigenvalue weighted by atomic mass is 16.6. The van der Waals surface area contributed by atoms with E-state index in [1.165, 1.54) is 27.2 Å². The zero-order chi connectivity index (χ0) is 20.7. The number of fused-ring (bicyclic) bond motifs is 2. The summed E-state index contributed by atoms with van der Waals surface area (Å²) in [5.74, 6) is -1.64. The fraction of sp³-hybridized carbons (Fsp3) is 0.250. The maximum Gasteiger partial charge on any atom is 0.347 e. The van der Waals surface area contributed by atoms with Crippen LogP contribution < -0.4 is 18.9 Å². The maximum absolute atomic E-state index is 12.8. The minimum absolute atomic E-state index is 0.0256. The van der Waals surface area contributed by atoms with Crippen molar-refractivity contribution in [1.82, 2.24) is 0 Å². The summed E-state index contributed by atoms with van der Waals surface area (Å²) in [7, 11) is 2.72. The molecule has 1 N–H and O–H groups in total. The van der Waals surface area contributed by atoms with E-state index in [-0.39, 0.29) is 51.0 Å². The number of aromatic carboxylic acids is 1. The number of carboxylic acid groups (broad SMARTS) is 1. The van der Waals surface area contributed by atoms with Crippen molar-refractivity contribution in [3.63, 3.8) is 0 Å². The summed E-state index contributed by atoms with van der Waals surface area (Å²) in [6.45, 7) is 4.72. The third-order valence-electron chi connectivity index (χ3n) is 4.67. The highest BCUT2D eigenvalue weighted by Gasteiger charge is 2.34. The van der Waals surface area contributed by atoms with E-state index in [0.717, 1.165) is 0 Å². The van der Waals surface area contributed by atoms with E-state index in [1.54, 1.807) is 13.8 Å². The number of ether oxygens (including phenoxy) is 4. The molecule has 0 spiro atoms. The van der Waals surface area contributed by atoms with E-state index in [2.05, 4.69) is 0 Å². The SMILES string of the molecule is COc1cc(C)c2c(c1C=O)Oc1c(C)c(C(=O)O)c(OC)c(C)c1OC2=O. The minimum Gasteiger partial charge on any atom is -0.496 e. The predicted octanol–water partition coefficient (Wildman–Crippen LogP) is 3.46. The van der Waals surface area contributed by atoms with Gasteiger partial charge in [0, 0.05) is 11.1 Å². The Kier molecular flexibility index (Phi) is 4.72. The second kappa shape index (κ2) is 6.88. The first kappa shape index (κ1) is 19.2. The van der Waals surface area contributed by atoms with E-state index in [1.807, 2.05) is 0 Å². The van der Waals surface area contributed by atoms with Crippen LogP contribution >= 0.6 is 0 Å². The van der Waals surface area contributed by atoms with Gasteiger partial charge in [0.15, 0.2) is 23.5 Å². The fourth-order valence-corrected chi connectivity index (χ4v) is 3.33. The molecule has 0 bridgehead atoms. The standard InChI is InChI=1S/C20H18O8/c1-8-6-12(25-4)11(7-21)18-13(8)20(24)28-17-10(3)15(26-5)14(19(22)23)9(2)16(17)27-18/h6-7H,1-5H3,(H,22,23). The van der Waals surface area contributed by atoms with E-state index in [9.17, 15) is 19.5 Å². The van der Waals surface area contributed by atoms with Gasteiger partial charge in [-0.2, -0.15) is 0 Å². The molecule has 1 aliphatic rings. The van der Waals surface area contributed by atoms with Crippen molar-refractivity contribution < 1.29 is 38.4 Å². The topological polar surface area (TPSA) is 108 Å². The summed E-state index contributed by atoms with van der Waals surface area (Å²) in [4.78, 5) is 36.3. The Hall–Kier alpha value is -3.55. The quantitative estimate of drug-likeness (QED) is 0.483. The molecular weight excluding hydrogens is 368 g/mol. The summed E-state index contributed by atoms with van der Waals surface area (Å²) in [5, 5.41) is 9.63. The average molecular weight is 386 g/mol. The molecule has 0 saturated heterocycles. The molecule has 0 aromatic heterocycles. The first-order valence-corrected chi connectivity index (χ1v) is 8.27. The van der Waals surface area contributed by atoms with Gasteiger partial charge in [-0.25, -0.2) is 9.59 Å². The highest BCUT2D eigenvalue weighted by molar-refractivity contribution is 6.02. The second-order valence-corrected chi connectivity index (χ2v) is 6.24. The largest absolute Gasteiger partial charge is 0.496 e. The van der Waals surface area contributed by atoms with Crippen LogP contribution in [0, 0.1) is 20.8 Å². The number of aryl methyl sites for hydroxylation is 1. The number of carbonyl (C=O) groups is 3. The molecule has 0 fully saturated rings. The maximum atomic E-state index is 12.8. The van der Waals surface area contributed by atoms with Crippen LogP contribution in [0.4, 0.5) is 0 Å². The van der Waals surface area contributed by atoms with Gasteiger partial charge in [-0.3, -0.25) is 4.79 Å². The van der Waals surface area contributed by atoms with Gasteiger partial charge in [-0.05, 0) is 32.4 Å². The first-order valence-electron chi connectivity index (χ1n) is 8.27. The van der Waals surface area contributed by atoms with Crippen molar-refractivity contribution in [3.05, 3.63) is 39.4 Å². The number of methoxy groups -OCH3 is 2. The third-order valence-corrected chi connectivity index (χ3v) is 4.67. The van der Waals surface area contributed by atoms with Crippen LogP contribution in [0.25, 0.3) is 0 Å². The third kappa shape index (κ3) is 2.65. The average Bonchev–Trinajstić information content (AvgIpc) is 2.81. The molecule has 0 atom stereocenters. The summed E-state index contributed by atoms with van der Waals surface area (Å²) in [6.07, 6.45) is 0.513. The zero-order valence-corrected chi connectivity index (χ0v) is 16.0. The smallest absolute Gasteiger partial charge is 0.347 e. The van der Waals surface area contributed by atoms with Crippen molar-refractivity contribution in [1.29, 1.82) is 0 Å². The number of carbonyl (C=O) groups excluding carboxylic acids is 2. The predicted molar refractivity (Wildman–Crippen MR) is 97.6 cm³/mol. The van der Waals surface area contributed by atoms with Crippen molar-refractivity contribution in [2.45, 2.75) is 20.8 Å². The van der Waals surface area contributed by atoms with Crippen LogP contribution in [-0.2, 0) is 0 Å². The summed E-state index contributed by atoms with van der Waals surface area (Å²) in [5.41, 5.74) is 0.940. The van der Waals surface area contributed by atoms with Gasteiger partial charge in [0.2, 0.25) is 0 Å². The van der Waals surface area contributed by atoms with Crippen LogP contribution in [0.15, 0.2) is 6.07 Å². The molecule has 0 saturated carbocycles. The highest BCUT2D eigenvalue weighted by Crippen LogP contribution is 2.49. The van der Waals surface area contributed by atoms with E-state index in [0.29, 0.717) is 17.4 Å². The molecule has 8 nitrogen and oxygen atoms in total. The van der Waals surface area contributed by atoms with Crippen LogP contribution in [0.5, 0.6) is 28.7 Å². The molecule has 2 aromatic rings. The van der Waals surface area contributed by atoms with Gasteiger partial charge in [0.1, 0.15) is 22.6 Å². The molecule has 8 heteroatoms. The normalized spacial score (nSPS) is 12.1. The monoisotopic (exact) mass is 386 g/mol. The van der Waals surface area contributed by atoms with Crippen molar-refractivity contribution in [2.24, 2.45) is 0 Å². The number of benzene rings is 2. The van der Waals surface area contributed by atoms with E-state index < -0.39 is 11.9 Å². The number of rotatable bonds is 4. The number of carboxylic acids is 1. The summed E-state index contributed by atoms with van der Waals surface area (Å²) in [6, 6.07) is 1.53. The Morgan fingerprint density at radius 2 is 1.68 bits per heavy atom. The lowest BCUT2D eigenvalue weighted by atomic mass is 10.0. The molecule has 3 rings (SSSR count). The number of hydrogen-bond donors (Lipinski definition) is 1. The van der Waals surface area contributed by atoms with Crippen LogP contribution in [0.1, 0.15) is 47.8 Å². The lowest BCUT2D eigenvalue weighted by Crippen LogP contribution is -2.12. The Morgan fingerprint density at radius 3 is 2.21 bits per heavy atom. The Morgan fingerprint density at radius 1 is 1.04 bits per heavy atom. The minimum atomic E-state index is -1.22. The molecule has 1 heterocycles. The Bertz CT molecular complexity index is 1040. The van der Waals surface area contributed by atoms with Crippen LogP contribution in [-0.4, -0.2) is 37.6 Å². The molecule has 28 heavy (non-hydrogen) atoms. The molecule has 1 aliphatic heterocycles. The van der Waals surface area contributed by atoms with Gasteiger partial charge >= 0.3 is 11.9 Å². The Labute approximate surface area is 160 Å². The molecule has 0 amide bonds. The molecule has 146 valence electrons. The number of esters is 1. The van der Waals surface area contributed by atoms with E-state index >= 15 is 0 Å². The van der Waals surface area contributed by atoms with E-state index in [4.69, 9.17) is 18.9 Å².